The molecule has 2 aromatic rings. The largest absolute Gasteiger partial charge is 0.488 e. The first-order chi connectivity index (χ1) is 8.38. The third-order valence-electron chi connectivity index (χ3n) is 2.90. The van der Waals surface area contributed by atoms with Gasteiger partial charge in [-0.05, 0) is 17.7 Å². The third-order valence-corrected chi connectivity index (χ3v) is 2.90. The molecule has 4 heteroatoms. The maximum Gasteiger partial charge on any atom is 0.162 e. The Bertz CT molecular complexity index is 527. The van der Waals surface area contributed by atoms with E-state index in [9.17, 15) is 0 Å². The van der Waals surface area contributed by atoms with Gasteiger partial charge in [-0.25, -0.2) is 9.97 Å². The van der Waals surface area contributed by atoms with E-state index in [1.807, 2.05) is 12.1 Å². The van der Waals surface area contributed by atoms with Crippen LogP contribution in [0.25, 0.3) is 11.4 Å². The topological polar surface area (TPSA) is 61.0 Å². The molecule has 2 heterocycles. The van der Waals surface area contributed by atoms with E-state index >= 15 is 0 Å². The van der Waals surface area contributed by atoms with Gasteiger partial charge in [-0.15, -0.1) is 0 Å². The van der Waals surface area contributed by atoms with Crippen LogP contribution in [-0.2, 0) is 6.42 Å². The molecule has 17 heavy (non-hydrogen) atoms. The molecule has 1 atom stereocenters. The molecule has 1 aliphatic rings. The molecule has 86 valence electrons. The fourth-order valence-corrected chi connectivity index (χ4v) is 2.08. The number of hydrogen-bond acceptors (Lipinski definition) is 4. The highest BCUT2D eigenvalue weighted by Gasteiger charge is 2.25. The van der Waals surface area contributed by atoms with Crippen molar-refractivity contribution in [2.24, 2.45) is 5.73 Å². The van der Waals surface area contributed by atoms with E-state index in [0.29, 0.717) is 12.4 Å². The van der Waals surface area contributed by atoms with Crippen LogP contribution in [0.15, 0.2) is 36.7 Å². The second kappa shape index (κ2) is 4.14. The van der Waals surface area contributed by atoms with Crippen LogP contribution in [0.5, 0.6) is 5.75 Å². The van der Waals surface area contributed by atoms with Gasteiger partial charge in [0.25, 0.3) is 0 Å². The molecule has 0 aliphatic carbocycles. The molecule has 0 unspecified atom stereocenters. The van der Waals surface area contributed by atoms with Crippen molar-refractivity contribution in [3.63, 3.8) is 0 Å². The van der Waals surface area contributed by atoms with E-state index in [1.54, 1.807) is 18.5 Å². The van der Waals surface area contributed by atoms with Crippen LogP contribution in [0, 0.1) is 0 Å². The van der Waals surface area contributed by atoms with Crippen LogP contribution in [0.3, 0.4) is 0 Å². The second-order valence-electron chi connectivity index (χ2n) is 4.05. The van der Waals surface area contributed by atoms with Crippen molar-refractivity contribution in [3.8, 4) is 17.1 Å². The van der Waals surface area contributed by atoms with Gasteiger partial charge in [0, 0.05) is 25.4 Å². The summed E-state index contributed by atoms with van der Waals surface area (Å²) in [6.07, 6.45) is 4.41. The smallest absolute Gasteiger partial charge is 0.162 e. The number of fused-ring (bicyclic) bond motifs is 1. The Hall–Kier alpha value is -1.94. The van der Waals surface area contributed by atoms with Gasteiger partial charge in [0.1, 0.15) is 11.9 Å². The van der Waals surface area contributed by atoms with Gasteiger partial charge in [-0.2, -0.15) is 0 Å². The van der Waals surface area contributed by atoms with Crippen LogP contribution in [0.2, 0.25) is 0 Å². The number of hydrogen-bond donors (Lipinski definition) is 1. The molecule has 1 aromatic heterocycles. The van der Waals surface area contributed by atoms with Crippen molar-refractivity contribution in [2.45, 2.75) is 12.5 Å². The molecule has 0 saturated carbocycles. The van der Waals surface area contributed by atoms with E-state index in [-0.39, 0.29) is 6.10 Å². The summed E-state index contributed by atoms with van der Waals surface area (Å²) < 4.78 is 5.84. The van der Waals surface area contributed by atoms with Crippen LogP contribution < -0.4 is 10.5 Å². The number of nitrogens with two attached hydrogens (primary N) is 1. The molecule has 0 amide bonds. The minimum atomic E-state index is 0.0786. The zero-order chi connectivity index (χ0) is 11.7. The van der Waals surface area contributed by atoms with Gasteiger partial charge < -0.3 is 10.5 Å². The Morgan fingerprint density at radius 3 is 2.82 bits per heavy atom. The summed E-state index contributed by atoms with van der Waals surface area (Å²) in [4.78, 5) is 8.51. The number of nitrogens with zero attached hydrogens (tertiary/aromatic N) is 2. The lowest BCUT2D eigenvalue weighted by molar-refractivity contribution is 0.242. The molecule has 1 aliphatic heterocycles. The van der Waals surface area contributed by atoms with Gasteiger partial charge in [0.05, 0.1) is 5.56 Å². The minimum Gasteiger partial charge on any atom is -0.488 e. The molecular formula is C13H13N3O. The van der Waals surface area contributed by atoms with Crippen LogP contribution in [0.4, 0.5) is 0 Å². The summed E-state index contributed by atoms with van der Waals surface area (Å²) in [5.74, 6) is 1.58. The van der Waals surface area contributed by atoms with E-state index in [0.717, 1.165) is 17.7 Å². The predicted molar refractivity (Wildman–Crippen MR) is 64.6 cm³/mol. The molecule has 1 aromatic carbocycles. The first kappa shape index (κ1) is 10.2. The third kappa shape index (κ3) is 1.76. The van der Waals surface area contributed by atoms with E-state index in [1.165, 1.54) is 5.56 Å². The fraction of sp³-hybridized carbons (Fsp3) is 0.231. The zero-order valence-corrected chi connectivity index (χ0v) is 9.34. The summed E-state index contributed by atoms with van der Waals surface area (Å²) in [6, 6.07) is 7.85. The van der Waals surface area contributed by atoms with E-state index in [2.05, 4.69) is 16.0 Å². The highest BCUT2D eigenvalue weighted by molar-refractivity contribution is 5.67. The maximum atomic E-state index is 5.84. The van der Waals surface area contributed by atoms with Gasteiger partial charge in [-0.1, -0.05) is 12.1 Å². The predicted octanol–water partition coefficient (Wildman–Crippen LogP) is 1.41. The highest BCUT2D eigenvalue weighted by atomic mass is 16.5. The molecule has 4 nitrogen and oxygen atoms in total. The van der Waals surface area contributed by atoms with E-state index in [4.69, 9.17) is 10.5 Å². The molecule has 0 bridgehead atoms. The molecule has 2 N–H and O–H groups in total. The van der Waals surface area contributed by atoms with Crippen molar-refractivity contribution in [2.75, 3.05) is 6.54 Å². The van der Waals surface area contributed by atoms with Gasteiger partial charge >= 0.3 is 0 Å². The number of ether oxygens (including phenoxy) is 1. The van der Waals surface area contributed by atoms with Gasteiger partial charge in [0.2, 0.25) is 0 Å². The Balaban J connectivity index is 2.07. The Morgan fingerprint density at radius 1 is 1.24 bits per heavy atom. The molecule has 3 rings (SSSR count). The summed E-state index contributed by atoms with van der Waals surface area (Å²) in [7, 11) is 0. The summed E-state index contributed by atoms with van der Waals surface area (Å²) in [6.45, 7) is 0.532. The van der Waals surface area contributed by atoms with Crippen molar-refractivity contribution >= 4 is 0 Å². The number of para-hydroxylation sites is 1. The van der Waals surface area contributed by atoms with Gasteiger partial charge in [-0.3, -0.25) is 0 Å². The standard InChI is InChI=1S/C13H13N3O/c14-8-10-7-9-3-1-4-11(12(9)17-10)13-15-5-2-6-16-13/h1-6,10H,7-8,14H2/t10-/m1/s1. The number of aromatic nitrogens is 2. The summed E-state index contributed by atoms with van der Waals surface area (Å²) >= 11 is 0. The van der Waals surface area contributed by atoms with Crippen molar-refractivity contribution in [3.05, 3.63) is 42.2 Å². The maximum absolute atomic E-state index is 5.84. The van der Waals surface area contributed by atoms with Crippen molar-refractivity contribution < 1.29 is 4.74 Å². The Kier molecular flexibility index (Phi) is 2.49. The average molecular weight is 227 g/mol. The van der Waals surface area contributed by atoms with Crippen molar-refractivity contribution in [1.82, 2.24) is 9.97 Å². The summed E-state index contributed by atoms with van der Waals surface area (Å²) in [5, 5.41) is 0. The molecule has 0 fully saturated rings. The molecule has 0 radical (unpaired) electrons. The highest BCUT2D eigenvalue weighted by Crippen LogP contribution is 2.36. The van der Waals surface area contributed by atoms with E-state index < -0.39 is 0 Å². The lowest BCUT2D eigenvalue weighted by Gasteiger charge is -2.09. The van der Waals surface area contributed by atoms with Gasteiger partial charge in [0.15, 0.2) is 5.82 Å². The van der Waals surface area contributed by atoms with Crippen LogP contribution in [0.1, 0.15) is 5.56 Å². The quantitative estimate of drug-likeness (QED) is 0.842. The minimum absolute atomic E-state index is 0.0786. The first-order valence-electron chi connectivity index (χ1n) is 5.64. The second-order valence-corrected chi connectivity index (χ2v) is 4.05. The average Bonchev–Trinajstić information content (AvgIpc) is 2.82. The SMILES string of the molecule is NC[C@H]1Cc2cccc(-c3ncccn3)c2O1. The first-order valence-corrected chi connectivity index (χ1v) is 5.64. The Labute approximate surface area is 99.5 Å². The molecular weight excluding hydrogens is 214 g/mol. The zero-order valence-electron chi connectivity index (χ0n) is 9.34. The number of benzene rings is 1. The molecule has 0 saturated heterocycles. The van der Waals surface area contributed by atoms with Crippen LogP contribution in [-0.4, -0.2) is 22.6 Å². The monoisotopic (exact) mass is 227 g/mol. The van der Waals surface area contributed by atoms with Crippen molar-refractivity contribution in [1.29, 1.82) is 0 Å². The lowest BCUT2D eigenvalue weighted by atomic mass is 10.1. The molecule has 0 spiro atoms. The summed E-state index contributed by atoms with van der Waals surface area (Å²) in [5.41, 5.74) is 7.77. The Morgan fingerprint density at radius 2 is 2.06 bits per heavy atom. The lowest BCUT2D eigenvalue weighted by Crippen LogP contribution is -2.24. The van der Waals surface area contributed by atoms with Crippen LogP contribution >= 0.6 is 0 Å². The normalized spacial score (nSPS) is 17.6. The number of rotatable bonds is 2. The fourth-order valence-electron chi connectivity index (χ4n) is 2.08.